The van der Waals surface area contributed by atoms with Gasteiger partial charge in [0, 0.05) is 11.6 Å². The second-order valence-corrected chi connectivity index (χ2v) is 4.05. The van der Waals surface area contributed by atoms with E-state index in [4.69, 9.17) is 4.74 Å². The van der Waals surface area contributed by atoms with Crippen LogP contribution in [0.3, 0.4) is 0 Å². The molecule has 2 nitrogen and oxygen atoms in total. The summed E-state index contributed by atoms with van der Waals surface area (Å²) in [7, 11) is 0. The molecule has 0 N–H and O–H groups in total. The molecule has 0 bridgehead atoms. The molecule has 0 fully saturated rings. The Hall–Kier alpha value is -1.87. The van der Waals surface area contributed by atoms with Gasteiger partial charge in [-0.05, 0) is 24.6 Å². The lowest BCUT2D eigenvalue weighted by atomic mass is 10.1. The second-order valence-electron chi connectivity index (χ2n) is 3.51. The lowest BCUT2D eigenvalue weighted by Crippen LogP contribution is -2.11. The molecule has 0 unspecified atom stereocenters. The fourth-order valence-electron chi connectivity index (χ4n) is 1.46. The predicted octanol–water partition coefficient (Wildman–Crippen LogP) is 2.57. The summed E-state index contributed by atoms with van der Waals surface area (Å²) in [5.41, 5.74) is 1.84. The summed E-state index contributed by atoms with van der Waals surface area (Å²) in [4.78, 5) is 0. The first-order valence-corrected chi connectivity index (χ1v) is 5.93. The van der Waals surface area contributed by atoms with Gasteiger partial charge in [-0.1, -0.05) is 36.4 Å². The number of aryl methyl sites for hydroxylation is 1. The van der Waals surface area contributed by atoms with Gasteiger partial charge in [0.1, 0.15) is 17.0 Å². The first-order chi connectivity index (χ1) is 8.31. The van der Waals surface area contributed by atoms with Gasteiger partial charge >= 0.3 is 0 Å². The minimum atomic E-state index is 0.352. The zero-order chi connectivity index (χ0) is 12.1. The lowest BCUT2D eigenvalue weighted by Gasteiger charge is -2.08. The van der Waals surface area contributed by atoms with Crippen LogP contribution in [-0.2, 0) is 11.3 Å². The highest BCUT2D eigenvalue weighted by Gasteiger charge is 2.08. The number of ether oxygens (including phenoxy) is 1. The fraction of sp³-hybridized carbons (Fsp3) is 0.0714. The Balaban J connectivity index is 2.31. The summed E-state index contributed by atoms with van der Waals surface area (Å²) in [5.74, 6) is 0.550. The molecule has 85 valence electrons. The predicted molar refractivity (Wildman–Crippen MR) is 69.3 cm³/mol. The first-order valence-electron chi connectivity index (χ1n) is 5.18. The Kier molecular flexibility index (Phi) is 3.73. The van der Waals surface area contributed by atoms with Crippen LogP contribution in [0.1, 0.15) is 11.1 Å². The summed E-state index contributed by atoms with van der Waals surface area (Å²) in [6, 6.07) is 17.8. The van der Waals surface area contributed by atoms with Crippen LogP contribution in [0.25, 0.3) is 0 Å². The van der Waals surface area contributed by atoms with E-state index in [-0.39, 0.29) is 0 Å². The van der Waals surface area contributed by atoms with Gasteiger partial charge in [-0.15, -0.1) is 0 Å². The monoisotopic (exact) mass is 243 g/mol. The van der Waals surface area contributed by atoms with Crippen LogP contribution in [-0.4, -0.2) is 9.26 Å². The standard InChI is InChI=1S/C14H11O2S/c1-11-7-5-6-10-13(11)14(17-15)16-12-8-3-2-4-9-12/h2-8,10H,1H3. The van der Waals surface area contributed by atoms with Crippen molar-refractivity contribution in [2.45, 2.75) is 6.92 Å². The molecule has 2 rings (SSSR count). The third-order valence-electron chi connectivity index (χ3n) is 2.32. The van der Waals surface area contributed by atoms with Crippen molar-refractivity contribution in [3.63, 3.8) is 0 Å². The topological polar surface area (TPSA) is 26.3 Å². The summed E-state index contributed by atoms with van der Waals surface area (Å²) in [6.07, 6.45) is 0. The summed E-state index contributed by atoms with van der Waals surface area (Å²) in [6.45, 7) is 1.95. The molecule has 0 atom stereocenters. The highest BCUT2D eigenvalue weighted by Crippen LogP contribution is 2.13. The smallest absolute Gasteiger partial charge is 0.227 e. The molecule has 0 amide bonds. The van der Waals surface area contributed by atoms with Crippen LogP contribution in [0.2, 0.25) is 0 Å². The van der Waals surface area contributed by atoms with E-state index in [1.807, 2.05) is 43.3 Å². The number of hydrogen-bond acceptors (Lipinski definition) is 2. The van der Waals surface area contributed by atoms with Crippen molar-refractivity contribution in [1.29, 1.82) is 0 Å². The molecular formula is C14H11O2S. The Morgan fingerprint density at radius 2 is 1.94 bits per heavy atom. The van der Waals surface area contributed by atoms with Crippen molar-refractivity contribution in [3.8, 4) is 5.75 Å². The molecule has 0 aromatic heterocycles. The van der Waals surface area contributed by atoms with Crippen molar-refractivity contribution < 1.29 is 8.95 Å². The molecule has 17 heavy (non-hydrogen) atoms. The molecule has 0 aliphatic rings. The summed E-state index contributed by atoms with van der Waals surface area (Å²) < 4.78 is 16.7. The highest BCUT2D eigenvalue weighted by molar-refractivity contribution is 7.66. The van der Waals surface area contributed by atoms with Crippen LogP contribution in [0.4, 0.5) is 0 Å². The first kappa shape index (κ1) is 11.6. The van der Waals surface area contributed by atoms with Gasteiger partial charge in [0.2, 0.25) is 5.05 Å². The molecule has 0 aliphatic heterocycles. The molecule has 0 saturated heterocycles. The number of rotatable bonds is 2. The van der Waals surface area contributed by atoms with Gasteiger partial charge in [0.15, 0.2) is 0 Å². The largest absolute Gasteiger partial charge is 0.442 e. The van der Waals surface area contributed by atoms with Crippen molar-refractivity contribution >= 4 is 16.3 Å². The van der Waals surface area contributed by atoms with Gasteiger partial charge < -0.3 is 4.74 Å². The van der Waals surface area contributed by atoms with Gasteiger partial charge in [-0.3, -0.25) is 0 Å². The quantitative estimate of drug-likeness (QED) is 0.758. The van der Waals surface area contributed by atoms with E-state index < -0.39 is 0 Å². The van der Waals surface area contributed by atoms with E-state index in [9.17, 15) is 4.21 Å². The van der Waals surface area contributed by atoms with Crippen LogP contribution < -0.4 is 4.74 Å². The van der Waals surface area contributed by atoms with Gasteiger partial charge in [0.05, 0.1) is 0 Å². The minimum Gasteiger partial charge on any atom is -0.442 e. The molecule has 1 radical (unpaired) electrons. The maximum absolute atomic E-state index is 11.1. The van der Waals surface area contributed by atoms with Crippen LogP contribution in [0.15, 0.2) is 48.5 Å². The SMILES string of the molecule is Cc1ccccc1C(Oc1[c]cccc1)=S=O. The van der Waals surface area contributed by atoms with Gasteiger partial charge in [-0.25, -0.2) is 4.21 Å². The third kappa shape index (κ3) is 2.82. The van der Waals surface area contributed by atoms with E-state index in [0.29, 0.717) is 22.1 Å². The summed E-state index contributed by atoms with van der Waals surface area (Å²) >= 11 is 0.356. The zero-order valence-electron chi connectivity index (χ0n) is 9.34. The number of benzene rings is 2. The highest BCUT2D eigenvalue weighted by atomic mass is 32.1. The van der Waals surface area contributed by atoms with Gasteiger partial charge in [-0.2, -0.15) is 0 Å². The maximum Gasteiger partial charge on any atom is 0.227 e. The molecule has 0 aliphatic carbocycles. The average molecular weight is 243 g/mol. The van der Waals surface area contributed by atoms with E-state index in [1.54, 1.807) is 12.1 Å². The molecule has 2 aromatic rings. The van der Waals surface area contributed by atoms with Crippen LogP contribution >= 0.6 is 0 Å². The van der Waals surface area contributed by atoms with Gasteiger partial charge in [0.25, 0.3) is 0 Å². The maximum atomic E-state index is 11.1. The van der Waals surface area contributed by atoms with E-state index in [2.05, 4.69) is 6.07 Å². The van der Waals surface area contributed by atoms with E-state index >= 15 is 0 Å². The van der Waals surface area contributed by atoms with Crippen LogP contribution in [0, 0.1) is 13.0 Å². The molecular weight excluding hydrogens is 232 g/mol. The Morgan fingerprint density at radius 1 is 1.18 bits per heavy atom. The lowest BCUT2D eigenvalue weighted by molar-refractivity contribution is 0.563. The molecule has 0 spiro atoms. The second kappa shape index (κ2) is 5.46. The molecule has 2 aromatic carbocycles. The molecule has 0 saturated carbocycles. The fourth-order valence-corrected chi connectivity index (χ4v) is 1.90. The summed E-state index contributed by atoms with van der Waals surface area (Å²) in [5, 5.41) is 0.352. The zero-order valence-corrected chi connectivity index (χ0v) is 10.2. The van der Waals surface area contributed by atoms with E-state index in [1.165, 1.54) is 0 Å². The molecule has 3 heteroatoms. The normalized spacial score (nSPS) is 9.71. The Labute approximate surface area is 104 Å². The van der Waals surface area contributed by atoms with Crippen molar-refractivity contribution in [2.24, 2.45) is 0 Å². The van der Waals surface area contributed by atoms with Crippen molar-refractivity contribution in [2.75, 3.05) is 0 Å². The number of hydrogen-bond donors (Lipinski definition) is 0. The van der Waals surface area contributed by atoms with Crippen molar-refractivity contribution in [1.82, 2.24) is 0 Å². The van der Waals surface area contributed by atoms with E-state index in [0.717, 1.165) is 11.1 Å². The molecule has 0 heterocycles. The Morgan fingerprint density at radius 3 is 2.59 bits per heavy atom. The number of para-hydroxylation sites is 1. The minimum absolute atomic E-state index is 0.352. The van der Waals surface area contributed by atoms with Crippen LogP contribution in [0.5, 0.6) is 5.75 Å². The van der Waals surface area contributed by atoms with Crippen molar-refractivity contribution in [3.05, 3.63) is 65.7 Å². The third-order valence-corrected chi connectivity index (χ3v) is 2.78. The average Bonchev–Trinajstić information content (AvgIpc) is 2.38. The Bertz CT molecular complexity index is 557.